The third-order valence-electron chi connectivity index (χ3n) is 3.66. The maximum absolute atomic E-state index is 12.2. The lowest BCUT2D eigenvalue weighted by atomic mass is 10.1. The van der Waals surface area contributed by atoms with E-state index in [1.54, 1.807) is 25.4 Å². The van der Waals surface area contributed by atoms with Crippen LogP contribution in [-0.2, 0) is 11.3 Å². The highest BCUT2D eigenvalue weighted by Gasteiger charge is 2.14. The number of furan rings is 1. The monoisotopic (exact) mass is 329 g/mol. The second-order valence-corrected chi connectivity index (χ2v) is 5.92. The van der Waals surface area contributed by atoms with Crippen LogP contribution in [0.1, 0.15) is 22.5 Å². The van der Waals surface area contributed by atoms with Crippen molar-refractivity contribution in [2.75, 3.05) is 18.9 Å². The molecular weight excluding hydrogens is 306 g/mol. The Bertz CT molecular complexity index is 700. The predicted octanol–water partition coefficient (Wildman–Crippen LogP) is 2.98. The van der Waals surface area contributed by atoms with E-state index in [1.165, 1.54) is 4.90 Å². The second-order valence-electron chi connectivity index (χ2n) is 5.92. The van der Waals surface area contributed by atoms with Gasteiger partial charge in [0.15, 0.2) is 0 Å². The molecule has 1 heterocycles. The van der Waals surface area contributed by atoms with Crippen LogP contribution in [0.4, 0.5) is 10.5 Å². The van der Waals surface area contributed by atoms with Crippen LogP contribution in [0.15, 0.2) is 34.9 Å². The first-order valence-electron chi connectivity index (χ1n) is 7.76. The van der Waals surface area contributed by atoms with Crippen molar-refractivity contribution >= 4 is 17.6 Å². The number of aryl methyl sites for hydroxylation is 3. The van der Waals surface area contributed by atoms with Crippen LogP contribution in [0.2, 0.25) is 0 Å². The van der Waals surface area contributed by atoms with Crippen molar-refractivity contribution in [2.45, 2.75) is 27.3 Å². The van der Waals surface area contributed by atoms with Crippen molar-refractivity contribution in [3.63, 3.8) is 0 Å². The summed E-state index contributed by atoms with van der Waals surface area (Å²) in [5, 5.41) is 5.58. The first kappa shape index (κ1) is 17.6. The summed E-state index contributed by atoms with van der Waals surface area (Å²) < 4.78 is 5.15. The molecule has 0 aliphatic carbocycles. The molecule has 1 aromatic carbocycles. The van der Waals surface area contributed by atoms with E-state index in [1.807, 2.05) is 32.9 Å². The molecule has 0 aliphatic heterocycles. The van der Waals surface area contributed by atoms with Gasteiger partial charge in [0.05, 0.1) is 12.8 Å². The van der Waals surface area contributed by atoms with E-state index in [2.05, 4.69) is 10.6 Å². The molecule has 0 atom stereocenters. The lowest BCUT2D eigenvalue weighted by Gasteiger charge is -2.18. The highest BCUT2D eigenvalue weighted by Crippen LogP contribution is 2.21. The van der Waals surface area contributed by atoms with Crippen molar-refractivity contribution in [1.82, 2.24) is 10.2 Å². The summed E-state index contributed by atoms with van der Waals surface area (Å²) >= 11 is 0. The van der Waals surface area contributed by atoms with Crippen LogP contribution in [-0.4, -0.2) is 30.4 Å². The zero-order chi connectivity index (χ0) is 17.7. The third kappa shape index (κ3) is 4.62. The van der Waals surface area contributed by atoms with Gasteiger partial charge in [-0.25, -0.2) is 4.79 Å². The SMILES string of the molecule is Cc1cc(C)c(NC(=O)CN(C)C(=O)NCc2ccco2)c(C)c1. The van der Waals surface area contributed by atoms with Crippen molar-refractivity contribution in [3.05, 3.63) is 53.0 Å². The number of carbonyl (C=O) groups excluding carboxylic acids is 2. The quantitative estimate of drug-likeness (QED) is 0.885. The average Bonchev–Trinajstić information content (AvgIpc) is 3.01. The Morgan fingerprint density at radius 3 is 2.42 bits per heavy atom. The summed E-state index contributed by atoms with van der Waals surface area (Å²) in [6.07, 6.45) is 1.55. The van der Waals surface area contributed by atoms with Crippen molar-refractivity contribution in [1.29, 1.82) is 0 Å². The second kappa shape index (κ2) is 7.68. The first-order valence-corrected chi connectivity index (χ1v) is 7.76. The third-order valence-corrected chi connectivity index (χ3v) is 3.66. The molecule has 0 radical (unpaired) electrons. The molecule has 128 valence electrons. The molecule has 0 aliphatic rings. The van der Waals surface area contributed by atoms with Gasteiger partial charge in [-0.2, -0.15) is 0 Å². The van der Waals surface area contributed by atoms with Gasteiger partial charge in [-0.1, -0.05) is 17.7 Å². The molecule has 1 aromatic heterocycles. The van der Waals surface area contributed by atoms with Gasteiger partial charge in [0.1, 0.15) is 12.3 Å². The molecule has 0 saturated heterocycles. The molecule has 2 N–H and O–H groups in total. The molecule has 0 unspecified atom stereocenters. The summed E-state index contributed by atoms with van der Waals surface area (Å²) in [4.78, 5) is 25.5. The summed E-state index contributed by atoms with van der Waals surface area (Å²) in [5.74, 6) is 0.424. The zero-order valence-electron chi connectivity index (χ0n) is 14.5. The van der Waals surface area contributed by atoms with Crippen LogP contribution in [0, 0.1) is 20.8 Å². The standard InChI is InChI=1S/C18H23N3O3/c1-12-8-13(2)17(14(3)9-12)20-16(22)11-21(4)18(23)19-10-15-6-5-7-24-15/h5-9H,10-11H2,1-4H3,(H,19,23)(H,20,22). The number of anilines is 1. The topological polar surface area (TPSA) is 74.6 Å². The highest BCUT2D eigenvalue weighted by molar-refractivity contribution is 5.95. The van der Waals surface area contributed by atoms with Crippen LogP contribution in [0.3, 0.4) is 0 Å². The van der Waals surface area contributed by atoms with Gasteiger partial charge in [-0.05, 0) is 44.0 Å². The van der Waals surface area contributed by atoms with Crippen molar-refractivity contribution in [3.8, 4) is 0 Å². The Morgan fingerprint density at radius 1 is 1.17 bits per heavy atom. The van der Waals surface area contributed by atoms with Crippen molar-refractivity contribution in [2.24, 2.45) is 0 Å². The minimum absolute atomic E-state index is 0.0310. The molecular formula is C18H23N3O3. The smallest absolute Gasteiger partial charge is 0.317 e. The number of nitrogens with one attached hydrogen (secondary N) is 2. The van der Waals surface area contributed by atoms with Crippen molar-refractivity contribution < 1.29 is 14.0 Å². The normalized spacial score (nSPS) is 10.3. The number of hydrogen-bond donors (Lipinski definition) is 2. The van der Waals surface area contributed by atoms with E-state index in [-0.39, 0.29) is 25.0 Å². The predicted molar refractivity (Wildman–Crippen MR) is 92.9 cm³/mol. The first-order chi connectivity index (χ1) is 11.4. The van der Waals surface area contributed by atoms with Gasteiger partial charge in [-0.3, -0.25) is 4.79 Å². The van der Waals surface area contributed by atoms with Gasteiger partial charge in [0.25, 0.3) is 0 Å². The molecule has 6 nitrogen and oxygen atoms in total. The van der Waals surface area contributed by atoms with E-state index in [9.17, 15) is 9.59 Å². The fourth-order valence-corrected chi connectivity index (χ4v) is 2.55. The van der Waals surface area contributed by atoms with Crippen LogP contribution in [0.5, 0.6) is 0 Å². The van der Waals surface area contributed by atoms with Crippen LogP contribution < -0.4 is 10.6 Å². The molecule has 2 aromatic rings. The van der Waals surface area contributed by atoms with E-state index in [4.69, 9.17) is 4.42 Å². The Morgan fingerprint density at radius 2 is 1.83 bits per heavy atom. The molecule has 0 saturated carbocycles. The van der Waals surface area contributed by atoms with Crippen LogP contribution in [0.25, 0.3) is 0 Å². The lowest BCUT2D eigenvalue weighted by molar-refractivity contribution is -0.116. The van der Waals surface area contributed by atoms with Gasteiger partial charge < -0.3 is 20.0 Å². The maximum Gasteiger partial charge on any atom is 0.317 e. The van der Waals surface area contributed by atoms with E-state index in [0.717, 1.165) is 22.4 Å². The number of likely N-dealkylation sites (N-methyl/N-ethyl adjacent to an activating group) is 1. The molecule has 24 heavy (non-hydrogen) atoms. The lowest BCUT2D eigenvalue weighted by Crippen LogP contribution is -2.41. The Hall–Kier alpha value is -2.76. The Balaban J connectivity index is 1.88. The number of benzene rings is 1. The minimum Gasteiger partial charge on any atom is -0.467 e. The fraction of sp³-hybridized carbons (Fsp3) is 0.333. The van der Waals surface area contributed by atoms with E-state index >= 15 is 0 Å². The average molecular weight is 329 g/mol. The highest BCUT2D eigenvalue weighted by atomic mass is 16.3. The Kier molecular flexibility index (Phi) is 5.63. The molecule has 0 fully saturated rings. The molecule has 0 spiro atoms. The summed E-state index contributed by atoms with van der Waals surface area (Å²) in [6, 6.07) is 7.23. The number of amides is 3. The summed E-state index contributed by atoms with van der Waals surface area (Å²) in [7, 11) is 1.58. The number of hydrogen-bond acceptors (Lipinski definition) is 3. The summed E-state index contributed by atoms with van der Waals surface area (Å²) in [5.41, 5.74) is 3.96. The van der Waals surface area contributed by atoms with E-state index < -0.39 is 0 Å². The largest absolute Gasteiger partial charge is 0.467 e. The molecule has 0 bridgehead atoms. The summed E-state index contributed by atoms with van der Waals surface area (Å²) in [6.45, 7) is 6.18. The zero-order valence-corrected chi connectivity index (χ0v) is 14.5. The van der Waals surface area contributed by atoms with E-state index in [0.29, 0.717) is 5.76 Å². The Labute approximate surface area is 141 Å². The maximum atomic E-state index is 12.2. The van der Waals surface area contributed by atoms with Crippen LogP contribution >= 0.6 is 0 Å². The number of carbonyl (C=O) groups is 2. The fourth-order valence-electron chi connectivity index (χ4n) is 2.55. The van der Waals surface area contributed by atoms with Gasteiger partial charge in [0.2, 0.25) is 5.91 Å². The molecule has 3 amide bonds. The number of nitrogens with zero attached hydrogens (tertiary/aromatic N) is 1. The number of rotatable bonds is 5. The molecule has 2 rings (SSSR count). The van der Waals surface area contributed by atoms with Gasteiger partial charge in [-0.15, -0.1) is 0 Å². The minimum atomic E-state index is -0.334. The van der Waals surface area contributed by atoms with Gasteiger partial charge >= 0.3 is 6.03 Å². The molecule has 6 heteroatoms. The number of urea groups is 1. The van der Waals surface area contributed by atoms with Gasteiger partial charge in [0, 0.05) is 12.7 Å².